The Morgan fingerprint density at radius 3 is 2.68 bits per heavy atom. The summed E-state index contributed by atoms with van der Waals surface area (Å²) in [6, 6.07) is 6.35. The van der Waals surface area contributed by atoms with Crippen LogP contribution in [-0.2, 0) is 6.42 Å². The number of benzene rings is 1. The second-order valence-corrected chi connectivity index (χ2v) is 4.34. The lowest BCUT2D eigenvalue weighted by atomic mass is 10.0. The molecule has 2 nitrogen and oxygen atoms in total. The van der Waals surface area contributed by atoms with E-state index in [1.165, 1.54) is 19.1 Å². The summed E-state index contributed by atoms with van der Waals surface area (Å²) in [6.07, 6.45) is 3.88. The molecule has 0 spiro atoms. The van der Waals surface area contributed by atoms with Gasteiger partial charge in [0, 0.05) is 18.8 Å². The van der Waals surface area contributed by atoms with E-state index in [1.54, 1.807) is 18.5 Å². The molecule has 0 amide bonds. The SMILES string of the molecule is Cc1ccc(C(=O)CCc2cccnc2)c(F)c1F. The molecule has 0 saturated heterocycles. The van der Waals surface area contributed by atoms with Crippen molar-refractivity contribution < 1.29 is 13.6 Å². The lowest BCUT2D eigenvalue weighted by Gasteiger charge is -2.05. The van der Waals surface area contributed by atoms with Crippen molar-refractivity contribution in [3.8, 4) is 0 Å². The maximum absolute atomic E-state index is 13.6. The Morgan fingerprint density at radius 2 is 2.00 bits per heavy atom. The fourth-order valence-corrected chi connectivity index (χ4v) is 1.80. The average Bonchev–Trinajstić information content (AvgIpc) is 2.43. The maximum atomic E-state index is 13.6. The number of hydrogen-bond acceptors (Lipinski definition) is 2. The molecule has 0 radical (unpaired) electrons. The number of carbonyl (C=O) groups is 1. The van der Waals surface area contributed by atoms with E-state index in [9.17, 15) is 13.6 Å². The van der Waals surface area contributed by atoms with Crippen LogP contribution in [-0.4, -0.2) is 10.8 Å². The molecule has 1 aromatic carbocycles. The zero-order chi connectivity index (χ0) is 13.8. The molecule has 4 heteroatoms. The zero-order valence-corrected chi connectivity index (χ0v) is 10.5. The number of aromatic nitrogens is 1. The molecule has 0 aliphatic carbocycles. The highest BCUT2D eigenvalue weighted by molar-refractivity contribution is 5.96. The number of Topliss-reactive ketones (excluding diaryl/α,β-unsaturated/α-hetero) is 1. The van der Waals surface area contributed by atoms with Crippen LogP contribution in [0.5, 0.6) is 0 Å². The number of hydrogen-bond donors (Lipinski definition) is 0. The monoisotopic (exact) mass is 261 g/mol. The van der Waals surface area contributed by atoms with Crippen molar-refractivity contribution in [3.05, 3.63) is 65.0 Å². The van der Waals surface area contributed by atoms with Gasteiger partial charge in [-0.15, -0.1) is 0 Å². The van der Waals surface area contributed by atoms with Crippen molar-refractivity contribution in [1.82, 2.24) is 4.98 Å². The van der Waals surface area contributed by atoms with E-state index in [-0.39, 0.29) is 17.5 Å². The van der Waals surface area contributed by atoms with E-state index in [1.807, 2.05) is 6.07 Å². The van der Waals surface area contributed by atoms with Crippen LogP contribution >= 0.6 is 0 Å². The van der Waals surface area contributed by atoms with Gasteiger partial charge in [0.25, 0.3) is 0 Å². The molecule has 2 rings (SSSR count). The van der Waals surface area contributed by atoms with Crippen molar-refractivity contribution >= 4 is 5.78 Å². The number of pyridine rings is 1. The Morgan fingerprint density at radius 1 is 1.21 bits per heavy atom. The van der Waals surface area contributed by atoms with E-state index in [2.05, 4.69) is 4.98 Å². The van der Waals surface area contributed by atoms with Crippen LogP contribution in [0.15, 0.2) is 36.7 Å². The molecule has 0 unspecified atom stereocenters. The van der Waals surface area contributed by atoms with Crippen molar-refractivity contribution in [2.45, 2.75) is 19.8 Å². The van der Waals surface area contributed by atoms with Gasteiger partial charge in [-0.05, 0) is 36.6 Å². The first-order valence-corrected chi connectivity index (χ1v) is 5.96. The Bertz CT molecular complexity index is 597. The van der Waals surface area contributed by atoms with Gasteiger partial charge in [0.1, 0.15) is 0 Å². The van der Waals surface area contributed by atoms with Crippen molar-refractivity contribution in [1.29, 1.82) is 0 Å². The number of ketones is 1. The molecule has 2 aromatic rings. The first-order valence-electron chi connectivity index (χ1n) is 5.96. The topological polar surface area (TPSA) is 30.0 Å². The summed E-state index contributed by atoms with van der Waals surface area (Å²) in [5.41, 5.74) is 0.900. The number of carbonyl (C=O) groups excluding carboxylic acids is 1. The van der Waals surface area contributed by atoms with Gasteiger partial charge >= 0.3 is 0 Å². The molecule has 0 saturated carbocycles. The van der Waals surface area contributed by atoms with Crippen molar-refractivity contribution in [2.24, 2.45) is 0 Å². The zero-order valence-electron chi connectivity index (χ0n) is 10.5. The number of halogens is 2. The second-order valence-electron chi connectivity index (χ2n) is 4.34. The summed E-state index contributed by atoms with van der Waals surface area (Å²) in [5.74, 6) is -2.41. The largest absolute Gasteiger partial charge is 0.294 e. The summed E-state index contributed by atoms with van der Waals surface area (Å²) in [6.45, 7) is 1.46. The molecular weight excluding hydrogens is 248 g/mol. The van der Waals surface area contributed by atoms with E-state index < -0.39 is 17.4 Å². The third-order valence-electron chi connectivity index (χ3n) is 2.94. The molecule has 0 fully saturated rings. The van der Waals surface area contributed by atoms with Crippen LogP contribution < -0.4 is 0 Å². The molecule has 0 aliphatic heterocycles. The van der Waals surface area contributed by atoms with E-state index >= 15 is 0 Å². The van der Waals surface area contributed by atoms with Crippen LogP contribution in [0, 0.1) is 18.6 Å². The van der Waals surface area contributed by atoms with Gasteiger partial charge < -0.3 is 0 Å². The Kier molecular flexibility index (Phi) is 4.00. The summed E-state index contributed by atoms with van der Waals surface area (Å²) in [4.78, 5) is 15.8. The molecule has 19 heavy (non-hydrogen) atoms. The highest BCUT2D eigenvalue weighted by Gasteiger charge is 2.16. The Balaban J connectivity index is 2.11. The maximum Gasteiger partial charge on any atom is 0.169 e. The fraction of sp³-hybridized carbons (Fsp3) is 0.200. The summed E-state index contributed by atoms with van der Waals surface area (Å²) >= 11 is 0. The van der Waals surface area contributed by atoms with Gasteiger partial charge in [0.05, 0.1) is 5.56 Å². The van der Waals surface area contributed by atoms with Crippen LogP contribution in [0.3, 0.4) is 0 Å². The van der Waals surface area contributed by atoms with Crippen LogP contribution in [0.2, 0.25) is 0 Å². The van der Waals surface area contributed by atoms with Crippen LogP contribution in [0.1, 0.15) is 27.9 Å². The molecule has 0 atom stereocenters. The first kappa shape index (κ1) is 13.3. The fourth-order valence-electron chi connectivity index (χ4n) is 1.80. The van der Waals surface area contributed by atoms with Gasteiger partial charge in [-0.3, -0.25) is 9.78 Å². The van der Waals surface area contributed by atoms with Crippen LogP contribution in [0.25, 0.3) is 0 Å². The van der Waals surface area contributed by atoms with E-state index in [0.29, 0.717) is 6.42 Å². The lowest BCUT2D eigenvalue weighted by molar-refractivity contribution is 0.0978. The molecule has 0 N–H and O–H groups in total. The van der Waals surface area contributed by atoms with Gasteiger partial charge in [-0.2, -0.15) is 0 Å². The minimum absolute atomic E-state index is 0.130. The normalized spacial score (nSPS) is 10.5. The predicted molar refractivity (Wildman–Crippen MR) is 68.0 cm³/mol. The molecular formula is C15H13F2NO. The lowest BCUT2D eigenvalue weighted by Crippen LogP contribution is -2.06. The second kappa shape index (κ2) is 5.69. The molecule has 1 aromatic heterocycles. The van der Waals surface area contributed by atoms with Gasteiger partial charge in [-0.25, -0.2) is 8.78 Å². The summed E-state index contributed by atoms with van der Waals surface area (Å²) < 4.78 is 27.0. The number of nitrogens with zero attached hydrogens (tertiary/aromatic N) is 1. The van der Waals surface area contributed by atoms with E-state index in [4.69, 9.17) is 0 Å². The molecule has 0 aliphatic rings. The summed E-state index contributed by atoms with van der Waals surface area (Å²) in [7, 11) is 0. The molecule has 0 bridgehead atoms. The smallest absolute Gasteiger partial charge is 0.169 e. The van der Waals surface area contributed by atoms with Crippen LogP contribution in [0.4, 0.5) is 8.78 Å². The highest BCUT2D eigenvalue weighted by Crippen LogP contribution is 2.17. The average molecular weight is 261 g/mol. The minimum Gasteiger partial charge on any atom is -0.294 e. The van der Waals surface area contributed by atoms with Gasteiger partial charge in [0.15, 0.2) is 17.4 Å². The van der Waals surface area contributed by atoms with E-state index in [0.717, 1.165) is 5.56 Å². The highest BCUT2D eigenvalue weighted by atomic mass is 19.2. The number of aryl methyl sites for hydroxylation is 2. The Labute approximate surface area is 110 Å². The standard InChI is InChI=1S/C15H13F2NO/c1-10-4-6-12(15(17)14(10)16)13(19)7-5-11-3-2-8-18-9-11/h2-4,6,8-9H,5,7H2,1H3. The Hall–Kier alpha value is -2.10. The molecule has 98 valence electrons. The predicted octanol–water partition coefficient (Wildman–Crippen LogP) is 3.48. The minimum atomic E-state index is -1.06. The third kappa shape index (κ3) is 3.02. The third-order valence-corrected chi connectivity index (χ3v) is 2.94. The number of rotatable bonds is 4. The first-order chi connectivity index (χ1) is 9.09. The summed E-state index contributed by atoms with van der Waals surface area (Å²) in [5, 5.41) is 0. The molecule has 1 heterocycles. The van der Waals surface area contributed by atoms with Crippen molar-refractivity contribution in [3.63, 3.8) is 0 Å². The van der Waals surface area contributed by atoms with Gasteiger partial charge in [0.2, 0.25) is 0 Å². The van der Waals surface area contributed by atoms with Crippen molar-refractivity contribution in [2.75, 3.05) is 0 Å². The quantitative estimate of drug-likeness (QED) is 0.789. The van der Waals surface area contributed by atoms with Gasteiger partial charge in [-0.1, -0.05) is 12.1 Å².